The maximum Gasteiger partial charge on any atom is 0.422 e. The summed E-state index contributed by atoms with van der Waals surface area (Å²) in [4.78, 5) is 24.4. The molecule has 206 valence electrons. The van der Waals surface area contributed by atoms with E-state index in [1.807, 2.05) is 4.72 Å². The number of carbonyl (C=O) groups is 1. The number of amides is 1. The Labute approximate surface area is 221 Å². The number of sulfonamides is 1. The predicted molar refractivity (Wildman–Crippen MR) is 135 cm³/mol. The van der Waals surface area contributed by atoms with Gasteiger partial charge in [-0.05, 0) is 48.4 Å². The van der Waals surface area contributed by atoms with Crippen molar-refractivity contribution >= 4 is 33.5 Å². The molecule has 2 aromatic carbocycles. The molecule has 0 unspecified atom stereocenters. The second-order valence-corrected chi connectivity index (χ2v) is 9.96. The van der Waals surface area contributed by atoms with Crippen molar-refractivity contribution in [3.8, 4) is 11.8 Å². The summed E-state index contributed by atoms with van der Waals surface area (Å²) in [6, 6.07) is 12.1. The van der Waals surface area contributed by atoms with Gasteiger partial charge >= 0.3 is 12.2 Å². The number of anilines is 3. The van der Waals surface area contributed by atoms with E-state index in [9.17, 15) is 26.4 Å². The fraction of sp³-hybridized carbons (Fsp3) is 0.250. The van der Waals surface area contributed by atoms with Crippen molar-refractivity contribution in [2.75, 3.05) is 29.6 Å². The summed E-state index contributed by atoms with van der Waals surface area (Å²) in [6.45, 7) is -1.06. The maximum absolute atomic E-state index is 12.7. The SMILES string of the molecule is O=C1NS(=O)(=O)C/C=C/CCOc2ccc(cc2)CNc2nc(nc(OCC(F)(F)F)n2)Nc2ccc1cc2. The molecule has 3 N–H and O–H groups in total. The average Bonchev–Trinajstić information content (AvgIpc) is 2.88. The largest absolute Gasteiger partial charge is 0.493 e. The van der Waals surface area contributed by atoms with E-state index in [1.165, 1.54) is 30.3 Å². The molecule has 0 radical (unpaired) electrons. The molecule has 4 aliphatic heterocycles. The number of halogens is 3. The summed E-state index contributed by atoms with van der Waals surface area (Å²) in [5, 5.41) is 5.73. The van der Waals surface area contributed by atoms with Crippen LogP contribution >= 0.6 is 0 Å². The van der Waals surface area contributed by atoms with Crippen molar-refractivity contribution in [3.05, 3.63) is 71.8 Å². The van der Waals surface area contributed by atoms with Crippen molar-refractivity contribution in [2.24, 2.45) is 0 Å². The molecule has 0 spiro atoms. The Morgan fingerprint density at radius 1 is 0.949 bits per heavy atom. The number of nitrogens with one attached hydrogen (secondary N) is 3. The van der Waals surface area contributed by atoms with Crippen molar-refractivity contribution in [1.29, 1.82) is 0 Å². The zero-order valence-corrected chi connectivity index (χ0v) is 21.1. The number of aromatic nitrogens is 3. The lowest BCUT2D eigenvalue weighted by Gasteiger charge is -2.12. The Morgan fingerprint density at radius 2 is 1.67 bits per heavy atom. The number of benzene rings is 2. The second kappa shape index (κ2) is 12.0. The van der Waals surface area contributed by atoms with Crippen LogP contribution in [0.4, 0.5) is 30.8 Å². The molecule has 0 atom stereocenters. The summed E-state index contributed by atoms with van der Waals surface area (Å²) >= 11 is 0. The van der Waals surface area contributed by atoms with Crippen molar-refractivity contribution in [2.45, 2.75) is 19.1 Å². The highest BCUT2D eigenvalue weighted by Gasteiger charge is 2.29. The number of ether oxygens (including phenoxy) is 2. The molecule has 0 fully saturated rings. The summed E-state index contributed by atoms with van der Waals surface area (Å²) in [7, 11) is -3.92. The first-order chi connectivity index (χ1) is 18.5. The molecule has 1 aromatic heterocycles. The van der Waals surface area contributed by atoms with E-state index >= 15 is 0 Å². The second-order valence-electron chi connectivity index (χ2n) is 8.19. The van der Waals surface area contributed by atoms with Gasteiger partial charge in [-0.2, -0.15) is 28.1 Å². The first-order valence-corrected chi connectivity index (χ1v) is 13.2. The molecule has 15 heteroatoms. The Bertz CT molecular complexity index is 1430. The highest BCUT2D eigenvalue weighted by Crippen LogP contribution is 2.21. The summed E-state index contributed by atoms with van der Waals surface area (Å²) < 4.78 is 74.9. The third-order valence-electron chi connectivity index (χ3n) is 5.04. The number of nitrogens with zero attached hydrogens (tertiary/aromatic N) is 3. The van der Waals surface area contributed by atoms with Crippen LogP contribution in [0.3, 0.4) is 0 Å². The number of hydrogen-bond acceptors (Lipinski definition) is 10. The van der Waals surface area contributed by atoms with Gasteiger partial charge in [0, 0.05) is 17.8 Å². The number of hydrogen-bond donors (Lipinski definition) is 3. The molecule has 5 heterocycles. The molecule has 11 nitrogen and oxygen atoms in total. The quantitative estimate of drug-likeness (QED) is 0.395. The molecule has 0 aliphatic carbocycles. The molecule has 3 aromatic rings. The van der Waals surface area contributed by atoms with E-state index < -0.39 is 34.7 Å². The van der Waals surface area contributed by atoms with Gasteiger partial charge in [0.25, 0.3) is 5.91 Å². The normalized spacial score (nSPS) is 16.7. The number of carbonyl (C=O) groups excluding carboxylic acids is 1. The van der Waals surface area contributed by atoms with Gasteiger partial charge in [-0.1, -0.05) is 24.3 Å². The lowest BCUT2D eigenvalue weighted by Crippen LogP contribution is -2.32. The zero-order chi connectivity index (χ0) is 27.9. The highest BCUT2D eigenvalue weighted by atomic mass is 32.2. The summed E-state index contributed by atoms with van der Waals surface area (Å²) in [5.41, 5.74) is 1.24. The first-order valence-electron chi connectivity index (χ1n) is 11.5. The first kappa shape index (κ1) is 27.6. The third kappa shape index (κ3) is 8.84. The number of rotatable bonds is 2. The van der Waals surface area contributed by atoms with Crippen LogP contribution in [0, 0.1) is 0 Å². The molecule has 4 aliphatic rings. The Hall–Kier alpha value is -4.40. The van der Waals surface area contributed by atoms with Crippen LogP contribution in [-0.4, -0.2) is 54.4 Å². The monoisotopic (exact) mass is 564 g/mol. The fourth-order valence-electron chi connectivity index (χ4n) is 3.22. The van der Waals surface area contributed by atoms with Crippen molar-refractivity contribution < 1.29 is 35.9 Å². The minimum absolute atomic E-state index is 0.0450. The van der Waals surface area contributed by atoms with Crippen molar-refractivity contribution in [3.63, 3.8) is 0 Å². The van der Waals surface area contributed by atoms with Crippen LogP contribution in [-0.2, 0) is 16.6 Å². The van der Waals surface area contributed by atoms with E-state index in [4.69, 9.17) is 9.47 Å². The van der Waals surface area contributed by atoms with E-state index in [0.29, 0.717) is 24.5 Å². The van der Waals surface area contributed by atoms with Gasteiger partial charge in [-0.25, -0.2) is 13.1 Å². The van der Waals surface area contributed by atoms with E-state index in [-0.39, 0.29) is 29.8 Å². The molecular weight excluding hydrogens is 541 g/mol. The topological polar surface area (TPSA) is 144 Å². The van der Waals surface area contributed by atoms with Gasteiger partial charge in [0.05, 0.1) is 12.4 Å². The van der Waals surface area contributed by atoms with Crippen LogP contribution in [0.2, 0.25) is 0 Å². The Morgan fingerprint density at radius 3 is 2.38 bits per heavy atom. The summed E-state index contributed by atoms with van der Waals surface area (Å²) in [5.74, 6) is -0.797. The Balaban J connectivity index is 1.61. The maximum atomic E-state index is 12.7. The highest BCUT2D eigenvalue weighted by molar-refractivity contribution is 7.90. The van der Waals surface area contributed by atoms with Gasteiger partial charge in [-0.3, -0.25) is 4.79 Å². The van der Waals surface area contributed by atoms with E-state index in [0.717, 1.165) is 5.56 Å². The average molecular weight is 565 g/mol. The molecule has 0 saturated heterocycles. The van der Waals surface area contributed by atoms with E-state index in [1.54, 1.807) is 30.3 Å². The third-order valence-corrected chi connectivity index (χ3v) is 6.17. The number of alkyl halides is 3. The zero-order valence-electron chi connectivity index (χ0n) is 20.2. The van der Waals surface area contributed by atoms with Crippen LogP contribution in [0.1, 0.15) is 22.3 Å². The molecular formula is C24H23F3N6O5S. The lowest BCUT2D eigenvalue weighted by molar-refractivity contribution is -0.154. The molecule has 39 heavy (non-hydrogen) atoms. The fourth-order valence-corrected chi connectivity index (χ4v) is 4.09. The lowest BCUT2D eigenvalue weighted by atomic mass is 10.2. The van der Waals surface area contributed by atoms with Gasteiger partial charge in [0.15, 0.2) is 6.61 Å². The van der Waals surface area contributed by atoms with Gasteiger partial charge in [-0.15, -0.1) is 0 Å². The predicted octanol–water partition coefficient (Wildman–Crippen LogP) is 3.57. The molecule has 1 amide bonds. The van der Waals surface area contributed by atoms with E-state index in [2.05, 4.69) is 25.6 Å². The minimum Gasteiger partial charge on any atom is -0.493 e. The standard InChI is InChI=1S/C24H23F3N6O5S/c25-24(26,27)15-38-23-31-21-28-14-16-4-10-19(11-5-16)37-12-2-1-3-13-39(35,36)33-20(34)17-6-8-18(9-7-17)29-22(30-21)32-23/h1,3-11H,2,12-15H2,(H,33,34)(H2,28,29,30,31,32)/b3-1+. The summed E-state index contributed by atoms with van der Waals surface area (Å²) in [6.07, 6.45) is -1.07. The molecule has 0 saturated carbocycles. The van der Waals surface area contributed by atoms with Gasteiger partial charge in [0.1, 0.15) is 5.75 Å². The van der Waals surface area contributed by atoms with Crippen LogP contribution in [0.5, 0.6) is 11.8 Å². The molecule has 6 bridgehead atoms. The van der Waals surface area contributed by atoms with Crippen LogP contribution < -0.4 is 24.8 Å². The smallest absolute Gasteiger partial charge is 0.422 e. The van der Waals surface area contributed by atoms with Gasteiger partial charge in [0.2, 0.25) is 21.9 Å². The van der Waals surface area contributed by atoms with Crippen molar-refractivity contribution in [1.82, 2.24) is 19.7 Å². The molecule has 7 rings (SSSR count). The van der Waals surface area contributed by atoms with Gasteiger partial charge < -0.3 is 20.1 Å². The Kier molecular flexibility index (Phi) is 8.49. The van der Waals surface area contributed by atoms with Crippen LogP contribution in [0.25, 0.3) is 0 Å². The van der Waals surface area contributed by atoms with Crippen LogP contribution in [0.15, 0.2) is 60.7 Å². The minimum atomic E-state index is -4.60.